The van der Waals surface area contributed by atoms with E-state index in [9.17, 15) is 4.79 Å². The van der Waals surface area contributed by atoms with Crippen LogP contribution in [-0.2, 0) is 0 Å². The lowest BCUT2D eigenvalue weighted by atomic mass is 10.1. The van der Waals surface area contributed by atoms with E-state index in [1.165, 1.54) is 0 Å². The van der Waals surface area contributed by atoms with Gasteiger partial charge in [0.15, 0.2) is 0 Å². The molecule has 1 aromatic rings. The Morgan fingerprint density at radius 3 is 2.60 bits per heavy atom. The lowest BCUT2D eigenvalue weighted by Gasteiger charge is -2.24. The summed E-state index contributed by atoms with van der Waals surface area (Å²) in [5.41, 5.74) is 3.48. The maximum atomic E-state index is 11.9. The van der Waals surface area contributed by atoms with Crippen LogP contribution in [0.3, 0.4) is 0 Å². The summed E-state index contributed by atoms with van der Waals surface area (Å²) in [4.78, 5) is 13.9. The van der Waals surface area contributed by atoms with Crippen LogP contribution in [0.2, 0.25) is 0 Å². The summed E-state index contributed by atoms with van der Waals surface area (Å²) in [6.07, 6.45) is 0. The van der Waals surface area contributed by atoms with E-state index in [1.807, 2.05) is 30.0 Å². The SMILES string of the molecule is C=C1C(=O)c2cc(C)ccc2N1C(C)C. The van der Waals surface area contributed by atoms with Gasteiger partial charge in [0.05, 0.1) is 11.4 Å². The van der Waals surface area contributed by atoms with Crippen LogP contribution in [-0.4, -0.2) is 11.8 Å². The van der Waals surface area contributed by atoms with Crippen LogP contribution in [0.1, 0.15) is 29.8 Å². The number of allylic oxidation sites excluding steroid dienone is 1. The van der Waals surface area contributed by atoms with Gasteiger partial charge in [-0.25, -0.2) is 0 Å². The molecule has 0 radical (unpaired) electrons. The average Bonchev–Trinajstić information content (AvgIpc) is 2.41. The second-order valence-electron chi connectivity index (χ2n) is 4.26. The average molecular weight is 201 g/mol. The molecule has 78 valence electrons. The van der Waals surface area contributed by atoms with Crippen molar-refractivity contribution in [1.82, 2.24) is 0 Å². The minimum atomic E-state index is 0.0578. The molecule has 2 nitrogen and oxygen atoms in total. The number of carbonyl (C=O) groups is 1. The van der Waals surface area contributed by atoms with Crippen LogP contribution in [0.5, 0.6) is 0 Å². The van der Waals surface area contributed by atoms with Crippen molar-refractivity contribution in [3.8, 4) is 0 Å². The molecule has 1 aliphatic rings. The van der Waals surface area contributed by atoms with Gasteiger partial charge in [0, 0.05) is 11.6 Å². The van der Waals surface area contributed by atoms with E-state index in [1.54, 1.807) is 0 Å². The van der Waals surface area contributed by atoms with E-state index in [4.69, 9.17) is 0 Å². The Hall–Kier alpha value is -1.57. The Bertz CT molecular complexity index is 446. The maximum absolute atomic E-state index is 11.9. The zero-order valence-electron chi connectivity index (χ0n) is 9.37. The first-order valence-corrected chi connectivity index (χ1v) is 5.16. The number of aryl methyl sites for hydroxylation is 1. The molecule has 0 N–H and O–H groups in total. The van der Waals surface area contributed by atoms with E-state index >= 15 is 0 Å². The Morgan fingerprint density at radius 1 is 1.33 bits per heavy atom. The number of rotatable bonds is 1. The highest BCUT2D eigenvalue weighted by Crippen LogP contribution is 2.35. The van der Waals surface area contributed by atoms with E-state index in [-0.39, 0.29) is 11.8 Å². The number of Topliss-reactive ketones (excluding diaryl/α,β-unsaturated/α-hetero) is 1. The van der Waals surface area contributed by atoms with Gasteiger partial charge in [-0.3, -0.25) is 4.79 Å². The van der Waals surface area contributed by atoms with E-state index < -0.39 is 0 Å². The minimum Gasteiger partial charge on any atom is -0.336 e. The summed E-state index contributed by atoms with van der Waals surface area (Å²) >= 11 is 0. The predicted octanol–water partition coefficient (Wildman–Crippen LogP) is 2.92. The minimum absolute atomic E-state index is 0.0578. The molecule has 0 amide bonds. The number of benzene rings is 1. The Labute approximate surface area is 90.2 Å². The normalized spacial score (nSPS) is 15.1. The largest absolute Gasteiger partial charge is 0.336 e. The van der Waals surface area contributed by atoms with E-state index in [0.717, 1.165) is 16.8 Å². The molecule has 0 bridgehead atoms. The van der Waals surface area contributed by atoms with Gasteiger partial charge in [-0.05, 0) is 32.9 Å². The van der Waals surface area contributed by atoms with Crippen molar-refractivity contribution < 1.29 is 4.79 Å². The summed E-state index contributed by atoms with van der Waals surface area (Å²) < 4.78 is 0. The van der Waals surface area contributed by atoms with Crippen LogP contribution < -0.4 is 4.90 Å². The van der Waals surface area contributed by atoms with Crippen molar-refractivity contribution in [3.05, 3.63) is 41.6 Å². The van der Waals surface area contributed by atoms with Crippen molar-refractivity contribution in [2.45, 2.75) is 26.8 Å². The van der Waals surface area contributed by atoms with Crippen molar-refractivity contribution in [2.75, 3.05) is 4.90 Å². The third kappa shape index (κ3) is 1.37. The molecular weight excluding hydrogens is 186 g/mol. The number of hydrogen-bond donors (Lipinski definition) is 0. The lowest BCUT2D eigenvalue weighted by Crippen LogP contribution is -2.27. The third-order valence-corrected chi connectivity index (χ3v) is 2.73. The third-order valence-electron chi connectivity index (χ3n) is 2.73. The fraction of sp³-hybridized carbons (Fsp3) is 0.308. The van der Waals surface area contributed by atoms with Crippen LogP contribution in [0, 0.1) is 6.92 Å². The van der Waals surface area contributed by atoms with Crippen molar-refractivity contribution in [3.63, 3.8) is 0 Å². The highest BCUT2D eigenvalue weighted by molar-refractivity contribution is 6.18. The zero-order chi connectivity index (χ0) is 11.2. The molecule has 1 aliphatic heterocycles. The van der Waals surface area contributed by atoms with Gasteiger partial charge in [-0.1, -0.05) is 18.2 Å². The summed E-state index contributed by atoms with van der Waals surface area (Å²) in [6.45, 7) is 9.98. The smallest absolute Gasteiger partial charge is 0.210 e. The van der Waals surface area contributed by atoms with Crippen molar-refractivity contribution in [1.29, 1.82) is 0 Å². The molecule has 0 aliphatic carbocycles. The lowest BCUT2D eigenvalue weighted by molar-refractivity contribution is 0.103. The van der Waals surface area contributed by atoms with Crippen LogP contribution in [0.15, 0.2) is 30.5 Å². The Kier molecular flexibility index (Phi) is 2.14. The molecule has 0 saturated heterocycles. The molecule has 0 saturated carbocycles. The molecule has 2 heteroatoms. The summed E-state index contributed by atoms with van der Waals surface area (Å²) in [7, 11) is 0. The first-order valence-electron chi connectivity index (χ1n) is 5.16. The molecule has 0 fully saturated rings. The molecule has 1 heterocycles. The molecule has 0 aromatic heterocycles. The van der Waals surface area contributed by atoms with Gasteiger partial charge >= 0.3 is 0 Å². The fourth-order valence-electron chi connectivity index (χ4n) is 2.04. The number of hydrogen-bond acceptors (Lipinski definition) is 2. The van der Waals surface area contributed by atoms with Crippen molar-refractivity contribution >= 4 is 11.5 Å². The number of anilines is 1. The highest BCUT2D eigenvalue weighted by Gasteiger charge is 2.31. The quantitative estimate of drug-likeness (QED) is 0.651. The summed E-state index contributed by atoms with van der Waals surface area (Å²) in [5.74, 6) is 0.0578. The van der Waals surface area contributed by atoms with Gasteiger partial charge in [0.1, 0.15) is 0 Å². The first-order chi connectivity index (χ1) is 7.02. The Balaban J connectivity index is 2.60. The molecule has 2 rings (SSSR count). The first kappa shape index (κ1) is 9.97. The highest BCUT2D eigenvalue weighted by atomic mass is 16.1. The standard InChI is InChI=1S/C13H15NO/c1-8(2)14-10(4)13(15)11-7-9(3)5-6-12(11)14/h5-8H,4H2,1-3H3. The number of carbonyl (C=O) groups excluding carboxylic acids is 1. The van der Waals surface area contributed by atoms with Crippen molar-refractivity contribution in [2.24, 2.45) is 0 Å². The topological polar surface area (TPSA) is 20.3 Å². The molecule has 0 atom stereocenters. The van der Waals surface area contributed by atoms with Gasteiger partial charge in [-0.2, -0.15) is 0 Å². The maximum Gasteiger partial charge on any atom is 0.210 e. The predicted molar refractivity (Wildman–Crippen MR) is 62.3 cm³/mol. The van der Waals surface area contributed by atoms with E-state index in [0.29, 0.717) is 5.70 Å². The number of ketones is 1. The van der Waals surface area contributed by atoms with Crippen LogP contribution >= 0.6 is 0 Å². The number of fused-ring (bicyclic) bond motifs is 1. The molecule has 0 spiro atoms. The molecule has 0 unspecified atom stereocenters. The zero-order valence-corrected chi connectivity index (χ0v) is 9.37. The van der Waals surface area contributed by atoms with E-state index in [2.05, 4.69) is 20.4 Å². The van der Waals surface area contributed by atoms with Crippen LogP contribution in [0.4, 0.5) is 5.69 Å². The molecule has 1 aromatic carbocycles. The summed E-state index contributed by atoms with van der Waals surface area (Å²) in [6, 6.07) is 6.23. The van der Waals surface area contributed by atoms with Gasteiger partial charge < -0.3 is 4.90 Å². The molecular formula is C13H15NO. The monoisotopic (exact) mass is 201 g/mol. The molecule has 15 heavy (non-hydrogen) atoms. The van der Waals surface area contributed by atoms with Gasteiger partial charge in [0.25, 0.3) is 0 Å². The van der Waals surface area contributed by atoms with Gasteiger partial charge in [0.2, 0.25) is 5.78 Å². The number of nitrogens with zero attached hydrogens (tertiary/aromatic N) is 1. The second kappa shape index (κ2) is 3.23. The van der Waals surface area contributed by atoms with Crippen LogP contribution in [0.25, 0.3) is 0 Å². The van der Waals surface area contributed by atoms with Gasteiger partial charge in [-0.15, -0.1) is 0 Å². The summed E-state index contributed by atoms with van der Waals surface area (Å²) in [5, 5.41) is 0. The fourth-order valence-corrected chi connectivity index (χ4v) is 2.04. The second-order valence-corrected chi connectivity index (χ2v) is 4.26. The Morgan fingerprint density at radius 2 is 2.00 bits per heavy atom.